The third-order valence-corrected chi connectivity index (χ3v) is 3.36. The highest BCUT2D eigenvalue weighted by Crippen LogP contribution is 2.27. The molecule has 0 fully saturated rings. The van der Waals surface area contributed by atoms with E-state index in [2.05, 4.69) is 32.1 Å². The van der Waals surface area contributed by atoms with Crippen LogP contribution in [0.15, 0.2) is 41.0 Å². The van der Waals surface area contributed by atoms with Gasteiger partial charge in [0, 0.05) is 22.6 Å². The number of imidazole rings is 1. The summed E-state index contributed by atoms with van der Waals surface area (Å²) in [5.74, 6) is 0. The first-order chi connectivity index (χ1) is 8.28. The number of hydrogen-bond donors (Lipinski definition) is 2. The minimum Gasteiger partial charge on any atom is -0.325 e. The first-order valence-corrected chi connectivity index (χ1v) is 6.09. The molecule has 17 heavy (non-hydrogen) atoms. The van der Waals surface area contributed by atoms with Crippen LogP contribution in [-0.4, -0.2) is 14.6 Å². The fraction of sp³-hybridized carbons (Fsp3) is 0.0833. The predicted molar refractivity (Wildman–Crippen MR) is 70.6 cm³/mol. The Morgan fingerprint density at radius 3 is 2.88 bits per heavy atom. The van der Waals surface area contributed by atoms with E-state index in [4.69, 9.17) is 5.73 Å². The lowest BCUT2D eigenvalue weighted by atomic mass is 10.2. The summed E-state index contributed by atoms with van der Waals surface area (Å²) in [5, 5.41) is 3.28. The molecule has 0 aliphatic rings. The number of aromatic nitrogens is 3. The van der Waals surface area contributed by atoms with Gasteiger partial charge in [-0.2, -0.15) is 0 Å². The first kappa shape index (κ1) is 10.6. The van der Waals surface area contributed by atoms with Crippen LogP contribution >= 0.6 is 15.9 Å². The Kier molecular flexibility index (Phi) is 2.49. The predicted octanol–water partition coefficient (Wildman–Crippen LogP) is 2.55. The van der Waals surface area contributed by atoms with Crippen molar-refractivity contribution < 1.29 is 0 Å². The molecule has 0 bridgehead atoms. The number of rotatable bonds is 2. The molecule has 5 heteroatoms. The fourth-order valence-corrected chi connectivity index (χ4v) is 2.34. The number of hydrogen-bond acceptors (Lipinski definition) is 2. The number of halogens is 1. The van der Waals surface area contributed by atoms with Gasteiger partial charge in [-0.3, -0.25) is 5.10 Å². The molecule has 86 valence electrons. The van der Waals surface area contributed by atoms with Gasteiger partial charge in [0.15, 0.2) is 5.65 Å². The summed E-state index contributed by atoms with van der Waals surface area (Å²) in [6.45, 7) is 0.458. The van der Waals surface area contributed by atoms with Gasteiger partial charge < -0.3 is 5.73 Å². The molecule has 2 aromatic heterocycles. The lowest BCUT2D eigenvalue weighted by molar-refractivity contribution is 0.959. The SMILES string of the molecule is NCc1cn2[nH]c(-c3ccccc3Br)cc2n1. The second kappa shape index (κ2) is 4.01. The number of nitrogens with one attached hydrogen (secondary N) is 1. The highest BCUT2D eigenvalue weighted by molar-refractivity contribution is 9.10. The molecule has 0 radical (unpaired) electrons. The van der Waals surface area contributed by atoms with Gasteiger partial charge in [-0.25, -0.2) is 9.50 Å². The molecule has 0 aliphatic heterocycles. The van der Waals surface area contributed by atoms with Crippen molar-refractivity contribution in [2.24, 2.45) is 5.73 Å². The highest BCUT2D eigenvalue weighted by atomic mass is 79.9. The van der Waals surface area contributed by atoms with Gasteiger partial charge in [-0.15, -0.1) is 0 Å². The van der Waals surface area contributed by atoms with Gasteiger partial charge in [0.1, 0.15) is 0 Å². The molecule has 0 unspecified atom stereocenters. The lowest BCUT2D eigenvalue weighted by Crippen LogP contribution is -1.95. The van der Waals surface area contributed by atoms with Crippen LogP contribution < -0.4 is 5.73 Å². The van der Waals surface area contributed by atoms with Crippen LogP contribution in [0.2, 0.25) is 0 Å². The second-order valence-electron chi connectivity index (χ2n) is 3.81. The number of aromatic amines is 1. The van der Waals surface area contributed by atoms with Crippen molar-refractivity contribution in [2.75, 3.05) is 0 Å². The largest absolute Gasteiger partial charge is 0.325 e. The molecule has 1 aromatic carbocycles. The van der Waals surface area contributed by atoms with E-state index in [-0.39, 0.29) is 0 Å². The monoisotopic (exact) mass is 290 g/mol. The van der Waals surface area contributed by atoms with E-state index < -0.39 is 0 Å². The highest BCUT2D eigenvalue weighted by Gasteiger charge is 2.08. The summed E-state index contributed by atoms with van der Waals surface area (Å²) in [7, 11) is 0. The third kappa shape index (κ3) is 1.77. The number of H-pyrrole nitrogens is 1. The average Bonchev–Trinajstić information content (AvgIpc) is 2.86. The van der Waals surface area contributed by atoms with E-state index >= 15 is 0 Å². The van der Waals surface area contributed by atoms with Crippen LogP contribution in [0.3, 0.4) is 0 Å². The zero-order valence-electron chi connectivity index (χ0n) is 9.02. The standard InChI is InChI=1S/C12H11BrN4/c13-10-4-2-1-3-9(10)11-5-12-15-8(6-14)7-17(12)16-11/h1-5,7,16H,6,14H2. The van der Waals surface area contributed by atoms with Gasteiger partial charge in [0.25, 0.3) is 0 Å². The Balaban J connectivity index is 2.13. The van der Waals surface area contributed by atoms with E-state index in [0.717, 1.165) is 27.1 Å². The van der Waals surface area contributed by atoms with Crippen molar-refractivity contribution in [1.29, 1.82) is 0 Å². The molecule has 3 N–H and O–H groups in total. The topological polar surface area (TPSA) is 59.1 Å². The van der Waals surface area contributed by atoms with Crippen LogP contribution in [0, 0.1) is 0 Å². The Morgan fingerprint density at radius 1 is 1.35 bits per heavy atom. The summed E-state index contributed by atoms with van der Waals surface area (Å²) in [6.07, 6.45) is 1.91. The minimum atomic E-state index is 0.458. The van der Waals surface area contributed by atoms with Crippen LogP contribution in [0.25, 0.3) is 16.9 Å². The van der Waals surface area contributed by atoms with Gasteiger partial charge >= 0.3 is 0 Å². The molecular formula is C12H11BrN4. The molecule has 0 saturated heterocycles. The third-order valence-electron chi connectivity index (χ3n) is 2.67. The maximum absolute atomic E-state index is 5.55. The first-order valence-electron chi connectivity index (χ1n) is 5.30. The second-order valence-corrected chi connectivity index (χ2v) is 4.67. The molecule has 4 nitrogen and oxygen atoms in total. The quantitative estimate of drug-likeness (QED) is 0.762. The molecule has 0 saturated carbocycles. The summed E-state index contributed by atoms with van der Waals surface area (Å²) in [6, 6.07) is 10.1. The van der Waals surface area contributed by atoms with Crippen molar-refractivity contribution in [1.82, 2.24) is 14.6 Å². The summed E-state index contributed by atoms with van der Waals surface area (Å²) in [4.78, 5) is 4.40. The zero-order valence-corrected chi connectivity index (χ0v) is 10.6. The molecule has 0 spiro atoms. The Morgan fingerprint density at radius 2 is 2.18 bits per heavy atom. The van der Waals surface area contributed by atoms with Crippen LogP contribution in [0.4, 0.5) is 0 Å². The Bertz CT molecular complexity index is 637. The molecule has 0 amide bonds. The van der Waals surface area contributed by atoms with E-state index in [1.54, 1.807) is 0 Å². The van der Waals surface area contributed by atoms with Gasteiger partial charge in [-0.1, -0.05) is 34.1 Å². The molecular weight excluding hydrogens is 280 g/mol. The number of nitrogens with zero attached hydrogens (tertiary/aromatic N) is 2. The van der Waals surface area contributed by atoms with Crippen LogP contribution in [-0.2, 0) is 6.54 Å². The maximum atomic E-state index is 5.55. The minimum absolute atomic E-state index is 0.458. The number of benzene rings is 1. The van der Waals surface area contributed by atoms with Gasteiger partial charge in [0.2, 0.25) is 0 Å². The molecule has 3 aromatic rings. The van der Waals surface area contributed by atoms with Gasteiger partial charge in [0.05, 0.1) is 17.6 Å². The van der Waals surface area contributed by atoms with Crippen molar-refractivity contribution in [3.8, 4) is 11.3 Å². The Labute approximate surface area is 107 Å². The van der Waals surface area contributed by atoms with Crippen LogP contribution in [0.5, 0.6) is 0 Å². The van der Waals surface area contributed by atoms with E-state index in [0.29, 0.717) is 6.54 Å². The summed E-state index contributed by atoms with van der Waals surface area (Å²) in [5.41, 5.74) is 9.47. The van der Waals surface area contributed by atoms with Crippen molar-refractivity contribution in [3.63, 3.8) is 0 Å². The molecule has 0 aliphatic carbocycles. The summed E-state index contributed by atoms with van der Waals surface area (Å²) >= 11 is 3.54. The van der Waals surface area contributed by atoms with E-state index in [9.17, 15) is 0 Å². The molecule has 0 atom stereocenters. The van der Waals surface area contributed by atoms with Crippen molar-refractivity contribution in [2.45, 2.75) is 6.54 Å². The number of fused-ring (bicyclic) bond motifs is 1. The maximum Gasteiger partial charge on any atom is 0.153 e. The number of nitrogens with two attached hydrogens (primary N) is 1. The van der Waals surface area contributed by atoms with Crippen molar-refractivity contribution >= 4 is 21.6 Å². The lowest BCUT2D eigenvalue weighted by Gasteiger charge is -1.99. The zero-order chi connectivity index (χ0) is 11.8. The van der Waals surface area contributed by atoms with E-state index in [1.165, 1.54) is 0 Å². The smallest absolute Gasteiger partial charge is 0.153 e. The molecule has 2 heterocycles. The van der Waals surface area contributed by atoms with E-state index in [1.807, 2.05) is 35.0 Å². The molecule has 3 rings (SSSR count). The average molecular weight is 291 g/mol. The Hall–Kier alpha value is -1.59. The fourth-order valence-electron chi connectivity index (χ4n) is 1.84. The summed E-state index contributed by atoms with van der Waals surface area (Å²) < 4.78 is 2.94. The normalized spacial score (nSPS) is 11.2. The van der Waals surface area contributed by atoms with Crippen LogP contribution in [0.1, 0.15) is 5.69 Å². The van der Waals surface area contributed by atoms with Crippen molar-refractivity contribution in [3.05, 3.63) is 46.7 Å². The van der Waals surface area contributed by atoms with Gasteiger partial charge in [-0.05, 0) is 6.07 Å².